The fourth-order valence-corrected chi connectivity index (χ4v) is 3.66. The summed E-state index contributed by atoms with van der Waals surface area (Å²) in [6, 6.07) is 17.0. The van der Waals surface area contributed by atoms with Gasteiger partial charge in [-0.1, -0.05) is 49.6 Å². The molecule has 5 heteroatoms. The summed E-state index contributed by atoms with van der Waals surface area (Å²) >= 11 is 0. The number of carbonyl (C=O) groups is 2. The monoisotopic (exact) mass is 380 g/mol. The summed E-state index contributed by atoms with van der Waals surface area (Å²) in [5, 5.41) is 3.23. The molecule has 1 amide bonds. The highest BCUT2D eigenvalue weighted by Crippen LogP contribution is 2.24. The number of carbonyl (C=O) groups excluding carboxylic acids is 2. The number of anilines is 2. The minimum atomic E-state index is -0.816. The lowest BCUT2D eigenvalue weighted by Crippen LogP contribution is -2.44. The van der Waals surface area contributed by atoms with Gasteiger partial charge in [0.1, 0.15) is 0 Å². The third-order valence-corrected chi connectivity index (χ3v) is 5.30. The summed E-state index contributed by atoms with van der Waals surface area (Å²) in [4.78, 5) is 27.2. The fourth-order valence-electron chi connectivity index (χ4n) is 3.66. The van der Waals surface area contributed by atoms with Crippen molar-refractivity contribution in [3.8, 4) is 0 Å². The highest BCUT2D eigenvalue weighted by atomic mass is 16.5. The topological polar surface area (TPSA) is 58.6 Å². The lowest BCUT2D eigenvalue weighted by atomic mass is 9.94. The molecule has 148 valence electrons. The number of likely N-dealkylation sites (N-methyl/N-ethyl adjacent to an activating group) is 1. The highest BCUT2D eigenvalue weighted by Gasteiger charge is 2.28. The number of hydrogen-bond acceptors (Lipinski definition) is 4. The van der Waals surface area contributed by atoms with Crippen LogP contribution in [0.15, 0.2) is 54.6 Å². The first-order chi connectivity index (χ1) is 13.6. The summed E-state index contributed by atoms with van der Waals surface area (Å²) in [6.45, 7) is 1.65. The van der Waals surface area contributed by atoms with Gasteiger partial charge in [0, 0.05) is 18.8 Å². The van der Waals surface area contributed by atoms with E-state index in [1.807, 2.05) is 49.5 Å². The quantitative estimate of drug-likeness (QED) is 0.734. The number of para-hydroxylation sites is 2. The second-order valence-corrected chi connectivity index (χ2v) is 7.33. The zero-order valence-electron chi connectivity index (χ0n) is 16.6. The van der Waals surface area contributed by atoms with Gasteiger partial charge in [0.2, 0.25) is 0 Å². The maximum atomic E-state index is 12.7. The van der Waals surface area contributed by atoms with E-state index >= 15 is 0 Å². The number of rotatable bonds is 6. The first-order valence-electron chi connectivity index (χ1n) is 9.95. The molecular formula is C23H28N2O3. The summed E-state index contributed by atoms with van der Waals surface area (Å²) < 4.78 is 5.52. The zero-order chi connectivity index (χ0) is 19.9. The number of hydrogen-bond donors (Lipinski definition) is 1. The number of nitrogens with one attached hydrogen (secondary N) is 1. The van der Waals surface area contributed by atoms with Crippen LogP contribution in [0.5, 0.6) is 0 Å². The Bertz CT molecular complexity index is 801. The van der Waals surface area contributed by atoms with Crippen molar-refractivity contribution >= 4 is 23.3 Å². The van der Waals surface area contributed by atoms with Crippen molar-refractivity contribution in [2.45, 2.75) is 51.2 Å². The predicted molar refractivity (Wildman–Crippen MR) is 111 cm³/mol. The standard InChI is InChI=1S/C23H28N2O3/c1-17(22(26)25(2)19-13-7-4-8-14-19)28-23(27)20-15-9-10-16-21(20)24-18-11-5-3-6-12-18/h3,5-6,9-12,15-17,19,24H,4,7-8,13-14H2,1-2H3/t17-/m1/s1. The molecule has 1 saturated carbocycles. The van der Waals surface area contributed by atoms with E-state index in [0.717, 1.165) is 31.4 Å². The van der Waals surface area contributed by atoms with E-state index in [9.17, 15) is 9.59 Å². The normalized spacial score (nSPS) is 15.5. The molecule has 2 aromatic rings. The van der Waals surface area contributed by atoms with Crippen LogP contribution in [0.1, 0.15) is 49.4 Å². The second kappa shape index (κ2) is 9.40. The van der Waals surface area contributed by atoms with E-state index in [-0.39, 0.29) is 11.9 Å². The van der Waals surface area contributed by atoms with Crippen LogP contribution in [0.4, 0.5) is 11.4 Å². The van der Waals surface area contributed by atoms with Crippen LogP contribution in [0.2, 0.25) is 0 Å². The number of ether oxygens (including phenoxy) is 1. The maximum absolute atomic E-state index is 12.7. The Balaban J connectivity index is 1.66. The Morgan fingerprint density at radius 3 is 2.36 bits per heavy atom. The smallest absolute Gasteiger partial charge is 0.341 e. The Morgan fingerprint density at radius 2 is 1.64 bits per heavy atom. The van der Waals surface area contributed by atoms with Gasteiger partial charge in [-0.3, -0.25) is 4.79 Å². The van der Waals surface area contributed by atoms with E-state index in [1.165, 1.54) is 6.42 Å². The van der Waals surface area contributed by atoms with Gasteiger partial charge in [-0.2, -0.15) is 0 Å². The zero-order valence-corrected chi connectivity index (χ0v) is 16.6. The van der Waals surface area contributed by atoms with Crippen molar-refractivity contribution in [2.24, 2.45) is 0 Å². The lowest BCUT2D eigenvalue weighted by Gasteiger charge is -2.32. The minimum absolute atomic E-state index is 0.145. The maximum Gasteiger partial charge on any atom is 0.341 e. The molecule has 28 heavy (non-hydrogen) atoms. The molecule has 3 rings (SSSR count). The van der Waals surface area contributed by atoms with Gasteiger partial charge in [0.25, 0.3) is 5.91 Å². The van der Waals surface area contributed by atoms with Gasteiger partial charge >= 0.3 is 5.97 Å². The Kier molecular flexibility index (Phi) is 6.69. The van der Waals surface area contributed by atoms with E-state index in [0.29, 0.717) is 11.3 Å². The Labute approximate surface area is 166 Å². The molecule has 2 aromatic carbocycles. The molecule has 0 unspecified atom stereocenters. The molecule has 0 heterocycles. The molecule has 1 aliphatic rings. The minimum Gasteiger partial charge on any atom is -0.449 e. The van der Waals surface area contributed by atoms with E-state index in [1.54, 1.807) is 24.0 Å². The van der Waals surface area contributed by atoms with Crippen LogP contribution in [-0.4, -0.2) is 36.0 Å². The average molecular weight is 380 g/mol. The molecule has 0 aromatic heterocycles. The van der Waals surface area contributed by atoms with Crippen LogP contribution in [0.25, 0.3) is 0 Å². The van der Waals surface area contributed by atoms with Crippen LogP contribution in [0, 0.1) is 0 Å². The van der Waals surface area contributed by atoms with Gasteiger partial charge in [0.15, 0.2) is 6.10 Å². The van der Waals surface area contributed by atoms with Crippen molar-refractivity contribution in [1.29, 1.82) is 0 Å². The number of amides is 1. The van der Waals surface area contributed by atoms with Gasteiger partial charge in [0.05, 0.1) is 11.3 Å². The van der Waals surface area contributed by atoms with Gasteiger partial charge in [-0.25, -0.2) is 4.79 Å². The highest BCUT2D eigenvalue weighted by molar-refractivity contribution is 5.98. The molecular weight excluding hydrogens is 352 g/mol. The van der Waals surface area contributed by atoms with Gasteiger partial charge in [-0.05, 0) is 44.0 Å². The van der Waals surface area contributed by atoms with Crippen LogP contribution >= 0.6 is 0 Å². The largest absolute Gasteiger partial charge is 0.449 e. The second-order valence-electron chi connectivity index (χ2n) is 7.33. The molecule has 0 saturated heterocycles. The Hall–Kier alpha value is -2.82. The third kappa shape index (κ3) is 4.91. The summed E-state index contributed by atoms with van der Waals surface area (Å²) in [5.41, 5.74) is 1.94. The van der Waals surface area contributed by atoms with Crippen LogP contribution in [0.3, 0.4) is 0 Å². The van der Waals surface area contributed by atoms with E-state index < -0.39 is 12.1 Å². The number of nitrogens with zero attached hydrogens (tertiary/aromatic N) is 1. The molecule has 1 fully saturated rings. The molecule has 0 bridgehead atoms. The first kappa shape index (κ1) is 19.9. The number of benzene rings is 2. The molecule has 0 radical (unpaired) electrons. The van der Waals surface area contributed by atoms with Crippen LogP contribution in [-0.2, 0) is 9.53 Å². The van der Waals surface area contributed by atoms with Crippen LogP contribution < -0.4 is 5.32 Å². The van der Waals surface area contributed by atoms with Crippen molar-refractivity contribution < 1.29 is 14.3 Å². The average Bonchev–Trinajstić information content (AvgIpc) is 2.74. The summed E-state index contributed by atoms with van der Waals surface area (Å²) in [6.07, 6.45) is 4.75. The Morgan fingerprint density at radius 1 is 1.00 bits per heavy atom. The fraction of sp³-hybridized carbons (Fsp3) is 0.391. The SMILES string of the molecule is C[C@@H](OC(=O)c1ccccc1Nc1ccccc1)C(=O)N(C)C1CCCCC1. The molecule has 1 aliphatic carbocycles. The third-order valence-electron chi connectivity index (χ3n) is 5.30. The van der Waals surface area contributed by atoms with Crippen molar-refractivity contribution in [1.82, 2.24) is 4.90 Å². The van der Waals surface area contributed by atoms with E-state index in [4.69, 9.17) is 4.74 Å². The van der Waals surface area contributed by atoms with Gasteiger partial charge in [-0.15, -0.1) is 0 Å². The molecule has 1 N–H and O–H groups in total. The van der Waals surface area contributed by atoms with E-state index in [2.05, 4.69) is 5.32 Å². The summed E-state index contributed by atoms with van der Waals surface area (Å²) in [5.74, 6) is -0.648. The summed E-state index contributed by atoms with van der Waals surface area (Å²) in [7, 11) is 1.81. The van der Waals surface area contributed by atoms with Crippen molar-refractivity contribution in [3.05, 3.63) is 60.2 Å². The molecule has 0 spiro atoms. The predicted octanol–water partition coefficient (Wildman–Crippen LogP) is 4.77. The molecule has 5 nitrogen and oxygen atoms in total. The van der Waals surface area contributed by atoms with Gasteiger partial charge < -0.3 is 15.0 Å². The molecule has 1 atom stereocenters. The lowest BCUT2D eigenvalue weighted by molar-refractivity contribution is -0.141. The number of esters is 1. The molecule has 0 aliphatic heterocycles. The van der Waals surface area contributed by atoms with Crippen molar-refractivity contribution in [2.75, 3.05) is 12.4 Å². The first-order valence-corrected chi connectivity index (χ1v) is 9.95. The van der Waals surface area contributed by atoms with Crippen molar-refractivity contribution in [3.63, 3.8) is 0 Å².